The average Bonchev–Trinajstić information content (AvgIpc) is 2.29. The zero-order chi connectivity index (χ0) is 12.4. The highest BCUT2D eigenvalue weighted by atomic mass is 16.2. The number of likely N-dealkylation sites (N-methyl/N-ethyl adjacent to an activating group) is 1. The van der Waals surface area contributed by atoms with Crippen molar-refractivity contribution in [1.82, 2.24) is 14.8 Å². The van der Waals surface area contributed by atoms with Crippen LogP contribution in [0.3, 0.4) is 0 Å². The molecule has 0 bridgehead atoms. The highest BCUT2D eigenvalue weighted by Crippen LogP contribution is 2.11. The molecule has 92 valence electrons. The van der Waals surface area contributed by atoms with Gasteiger partial charge in [-0.3, -0.25) is 9.78 Å². The molecule has 0 radical (unpaired) electrons. The molecule has 0 spiro atoms. The Kier molecular flexibility index (Phi) is 3.43. The van der Waals surface area contributed by atoms with Crippen LogP contribution in [-0.2, 0) is 0 Å². The first kappa shape index (κ1) is 12.0. The maximum absolute atomic E-state index is 12.3. The predicted octanol–water partition coefficient (Wildman–Crippen LogP) is 1.09. The first-order valence-electron chi connectivity index (χ1n) is 6.00. The maximum Gasteiger partial charge on any atom is 0.255 e. The van der Waals surface area contributed by atoms with Crippen LogP contribution in [0.2, 0.25) is 0 Å². The molecule has 1 aliphatic heterocycles. The van der Waals surface area contributed by atoms with Crippen LogP contribution in [0.4, 0.5) is 0 Å². The Labute approximate surface area is 102 Å². The van der Waals surface area contributed by atoms with Crippen molar-refractivity contribution in [3.05, 3.63) is 29.1 Å². The Bertz CT molecular complexity index is 423. The standard InChI is InChI=1S/C13H19N3O/c1-10-4-5-12(11(2)14-10)13(17)16-8-6-15(3)7-9-16/h4-5H,6-9H2,1-3H3. The number of amides is 1. The molecular weight excluding hydrogens is 214 g/mol. The second-order valence-electron chi connectivity index (χ2n) is 4.68. The van der Waals surface area contributed by atoms with Crippen LogP contribution in [0.15, 0.2) is 12.1 Å². The predicted molar refractivity (Wildman–Crippen MR) is 67.1 cm³/mol. The second kappa shape index (κ2) is 4.84. The minimum Gasteiger partial charge on any atom is -0.336 e. The van der Waals surface area contributed by atoms with Gasteiger partial charge in [-0.1, -0.05) is 0 Å². The van der Waals surface area contributed by atoms with Gasteiger partial charge >= 0.3 is 0 Å². The summed E-state index contributed by atoms with van der Waals surface area (Å²) in [6, 6.07) is 3.79. The Morgan fingerprint density at radius 3 is 2.41 bits per heavy atom. The van der Waals surface area contributed by atoms with Crippen LogP contribution in [0.1, 0.15) is 21.7 Å². The molecule has 1 aliphatic rings. The fourth-order valence-electron chi connectivity index (χ4n) is 2.09. The summed E-state index contributed by atoms with van der Waals surface area (Å²) in [5.41, 5.74) is 2.52. The molecule has 1 aromatic rings. The number of rotatable bonds is 1. The smallest absolute Gasteiger partial charge is 0.255 e. The molecule has 2 rings (SSSR count). The molecule has 1 aromatic heterocycles. The lowest BCUT2D eigenvalue weighted by Crippen LogP contribution is -2.47. The molecule has 17 heavy (non-hydrogen) atoms. The topological polar surface area (TPSA) is 36.4 Å². The molecular formula is C13H19N3O. The van der Waals surface area contributed by atoms with E-state index < -0.39 is 0 Å². The molecule has 0 N–H and O–H groups in total. The lowest BCUT2D eigenvalue weighted by atomic mass is 10.1. The third kappa shape index (κ3) is 2.64. The van der Waals surface area contributed by atoms with Gasteiger partial charge in [-0.2, -0.15) is 0 Å². The first-order valence-corrected chi connectivity index (χ1v) is 6.00. The Morgan fingerprint density at radius 2 is 1.82 bits per heavy atom. The number of hydrogen-bond acceptors (Lipinski definition) is 3. The minimum atomic E-state index is 0.114. The molecule has 0 saturated carbocycles. The molecule has 4 heteroatoms. The summed E-state index contributed by atoms with van der Waals surface area (Å²) < 4.78 is 0. The molecule has 1 amide bonds. The van der Waals surface area contributed by atoms with Crippen LogP contribution in [0, 0.1) is 13.8 Å². The summed E-state index contributed by atoms with van der Waals surface area (Å²) in [7, 11) is 2.08. The van der Waals surface area contributed by atoms with E-state index >= 15 is 0 Å². The summed E-state index contributed by atoms with van der Waals surface area (Å²) in [6.07, 6.45) is 0. The van der Waals surface area contributed by atoms with Gasteiger partial charge in [-0.15, -0.1) is 0 Å². The van der Waals surface area contributed by atoms with Crippen molar-refractivity contribution in [3.8, 4) is 0 Å². The molecule has 0 atom stereocenters. The lowest BCUT2D eigenvalue weighted by molar-refractivity contribution is 0.0663. The van der Waals surface area contributed by atoms with Gasteiger partial charge in [0.05, 0.1) is 11.3 Å². The van der Waals surface area contributed by atoms with Crippen LogP contribution in [-0.4, -0.2) is 53.9 Å². The zero-order valence-corrected chi connectivity index (χ0v) is 10.7. The van der Waals surface area contributed by atoms with E-state index in [1.807, 2.05) is 30.9 Å². The Morgan fingerprint density at radius 1 is 1.18 bits per heavy atom. The van der Waals surface area contributed by atoms with E-state index in [1.54, 1.807) is 0 Å². The molecule has 1 saturated heterocycles. The summed E-state index contributed by atoms with van der Waals surface area (Å²) in [5, 5.41) is 0. The van der Waals surface area contributed by atoms with Crippen LogP contribution >= 0.6 is 0 Å². The molecule has 0 aromatic carbocycles. The molecule has 1 fully saturated rings. The van der Waals surface area contributed by atoms with Crippen molar-refractivity contribution in [1.29, 1.82) is 0 Å². The van der Waals surface area contributed by atoms with Crippen molar-refractivity contribution >= 4 is 5.91 Å². The van der Waals surface area contributed by atoms with Gasteiger partial charge in [-0.25, -0.2) is 0 Å². The van der Waals surface area contributed by atoms with Crippen LogP contribution < -0.4 is 0 Å². The van der Waals surface area contributed by atoms with E-state index in [-0.39, 0.29) is 5.91 Å². The zero-order valence-electron chi connectivity index (χ0n) is 10.7. The number of pyridine rings is 1. The van der Waals surface area contributed by atoms with Gasteiger partial charge in [0.25, 0.3) is 5.91 Å². The van der Waals surface area contributed by atoms with Crippen molar-refractivity contribution in [3.63, 3.8) is 0 Å². The highest BCUT2D eigenvalue weighted by molar-refractivity contribution is 5.95. The molecule has 2 heterocycles. The third-order valence-electron chi connectivity index (χ3n) is 3.25. The van der Waals surface area contributed by atoms with Crippen LogP contribution in [0.25, 0.3) is 0 Å². The average molecular weight is 233 g/mol. The number of carbonyl (C=O) groups is 1. The number of aromatic nitrogens is 1. The quantitative estimate of drug-likeness (QED) is 0.728. The minimum absolute atomic E-state index is 0.114. The van der Waals surface area contributed by atoms with Gasteiger partial charge < -0.3 is 9.80 Å². The van der Waals surface area contributed by atoms with E-state index in [0.717, 1.165) is 43.1 Å². The summed E-state index contributed by atoms with van der Waals surface area (Å²) in [4.78, 5) is 20.8. The van der Waals surface area contributed by atoms with Crippen molar-refractivity contribution < 1.29 is 4.79 Å². The SMILES string of the molecule is Cc1ccc(C(=O)N2CCN(C)CC2)c(C)n1. The maximum atomic E-state index is 12.3. The second-order valence-corrected chi connectivity index (χ2v) is 4.68. The van der Waals surface area contributed by atoms with Crippen molar-refractivity contribution in [2.45, 2.75) is 13.8 Å². The fourth-order valence-corrected chi connectivity index (χ4v) is 2.09. The lowest BCUT2D eigenvalue weighted by Gasteiger charge is -2.32. The largest absolute Gasteiger partial charge is 0.336 e. The van der Waals surface area contributed by atoms with E-state index in [2.05, 4.69) is 16.9 Å². The first-order chi connectivity index (χ1) is 8.08. The van der Waals surface area contributed by atoms with E-state index in [1.165, 1.54) is 0 Å². The number of carbonyl (C=O) groups excluding carboxylic acids is 1. The third-order valence-corrected chi connectivity index (χ3v) is 3.25. The fraction of sp³-hybridized carbons (Fsp3) is 0.538. The van der Waals surface area contributed by atoms with Gasteiger partial charge in [0.1, 0.15) is 0 Å². The molecule has 4 nitrogen and oxygen atoms in total. The van der Waals surface area contributed by atoms with E-state index in [9.17, 15) is 4.79 Å². The Balaban J connectivity index is 2.14. The van der Waals surface area contributed by atoms with Crippen molar-refractivity contribution in [2.24, 2.45) is 0 Å². The monoisotopic (exact) mass is 233 g/mol. The summed E-state index contributed by atoms with van der Waals surface area (Å²) >= 11 is 0. The highest BCUT2D eigenvalue weighted by Gasteiger charge is 2.21. The molecule has 0 unspecified atom stereocenters. The number of nitrogens with zero attached hydrogens (tertiary/aromatic N) is 3. The van der Waals surface area contributed by atoms with E-state index in [0.29, 0.717) is 0 Å². The molecule has 0 aliphatic carbocycles. The van der Waals surface area contributed by atoms with Gasteiger partial charge in [0, 0.05) is 31.9 Å². The van der Waals surface area contributed by atoms with E-state index in [4.69, 9.17) is 0 Å². The van der Waals surface area contributed by atoms with Gasteiger partial charge in [0.2, 0.25) is 0 Å². The van der Waals surface area contributed by atoms with Crippen molar-refractivity contribution in [2.75, 3.05) is 33.2 Å². The summed E-state index contributed by atoms with van der Waals surface area (Å²) in [6.45, 7) is 7.35. The number of piperazine rings is 1. The normalized spacial score (nSPS) is 17.2. The number of hydrogen-bond donors (Lipinski definition) is 0. The van der Waals surface area contributed by atoms with Crippen LogP contribution in [0.5, 0.6) is 0 Å². The van der Waals surface area contributed by atoms with Gasteiger partial charge in [-0.05, 0) is 33.0 Å². The van der Waals surface area contributed by atoms with Gasteiger partial charge in [0.15, 0.2) is 0 Å². The Hall–Kier alpha value is -1.42. The number of aryl methyl sites for hydroxylation is 2. The summed E-state index contributed by atoms with van der Waals surface area (Å²) in [5.74, 6) is 0.114.